The van der Waals surface area contributed by atoms with Crippen LogP contribution in [0, 0.1) is 18.0 Å². The van der Waals surface area contributed by atoms with E-state index in [4.69, 9.17) is 26.5 Å². The smallest absolute Gasteiger partial charge is 0.206 e. The first kappa shape index (κ1) is 24.3. The highest BCUT2D eigenvalue weighted by atomic mass is 32.1. The van der Waals surface area contributed by atoms with E-state index in [9.17, 15) is 5.26 Å². The van der Waals surface area contributed by atoms with Gasteiger partial charge in [0.2, 0.25) is 11.9 Å². The van der Waals surface area contributed by atoms with Gasteiger partial charge in [-0.3, -0.25) is 0 Å². The summed E-state index contributed by atoms with van der Waals surface area (Å²) in [6, 6.07) is 15.7. The molecule has 6 heterocycles. The molecule has 7 rings (SSSR count). The lowest BCUT2D eigenvalue weighted by Gasteiger charge is -2.21. The first-order valence-electron chi connectivity index (χ1n) is 11.7. The normalized spacial score (nSPS) is 11.8. The zero-order valence-corrected chi connectivity index (χ0v) is 23.4. The van der Waals surface area contributed by atoms with Crippen LogP contribution >= 0.6 is 45.3 Å². The number of nitrogens with zero attached hydrogens (tertiary/aromatic N) is 8. The number of aromatic nitrogens is 4. The highest BCUT2D eigenvalue weighted by Gasteiger charge is 2.37. The maximum Gasteiger partial charge on any atom is 0.206 e. The van der Waals surface area contributed by atoms with Crippen molar-refractivity contribution < 1.29 is 0 Å². The molecule has 0 aromatic carbocycles. The van der Waals surface area contributed by atoms with E-state index in [0.717, 1.165) is 19.5 Å². The predicted octanol–water partition coefficient (Wildman–Crippen LogP) is 7.48. The Bertz CT molecular complexity index is 1730. The first-order chi connectivity index (χ1) is 19.8. The van der Waals surface area contributed by atoms with E-state index in [0.29, 0.717) is 45.6 Å². The van der Waals surface area contributed by atoms with Crippen LogP contribution in [0.5, 0.6) is 0 Å². The molecule has 0 radical (unpaired) electrons. The van der Waals surface area contributed by atoms with Crippen molar-refractivity contribution in [3.8, 4) is 48.5 Å². The van der Waals surface area contributed by atoms with Crippen LogP contribution < -0.4 is 0 Å². The number of nitriles is 1. The fourth-order valence-electron chi connectivity index (χ4n) is 4.40. The summed E-state index contributed by atoms with van der Waals surface area (Å²) < 4.78 is 0. The van der Waals surface area contributed by atoms with Gasteiger partial charge in [0, 0.05) is 0 Å². The maximum absolute atomic E-state index is 9.75. The summed E-state index contributed by atoms with van der Waals surface area (Å²) in [4.78, 5) is 31.4. The lowest BCUT2D eigenvalue weighted by atomic mass is 9.94. The zero-order valence-electron chi connectivity index (χ0n) is 20.1. The Labute approximate surface area is 243 Å². The molecule has 6 aromatic rings. The minimum atomic E-state index is 0.252. The maximum atomic E-state index is 9.75. The molecule has 40 heavy (non-hydrogen) atoms. The third kappa shape index (κ3) is 3.99. The van der Waals surface area contributed by atoms with Crippen LogP contribution in [0.1, 0.15) is 22.8 Å². The van der Waals surface area contributed by atoms with Gasteiger partial charge in [-0.1, -0.05) is 24.3 Å². The number of rotatable bonds is 4. The number of hydrogen-bond acceptors (Lipinski definition) is 11. The molecule has 0 saturated carbocycles. The molecule has 1 aliphatic carbocycles. The third-order valence-electron chi connectivity index (χ3n) is 6.02. The fraction of sp³-hybridized carbons (Fsp3) is 0. The van der Waals surface area contributed by atoms with E-state index in [1.54, 1.807) is 45.3 Å². The third-order valence-corrected chi connectivity index (χ3v) is 9.53. The number of thiophene rings is 4. The van der Waals surface area contributed by atoms with Gasteiger partial charge in [-0.15, -0.1) is 50.3 Å². The molecule has 0 amide bonds. The molecule has 0 spiro atoms. The fourth-order valence-corrected chi connectivity index (χ4v) is 7.26. The van der Waals surface area contributed by atoms with Crippen molar-refractivity contribution in [3.05, 3.63) is 104 Å². The highest BCUT2D eigenvalue weighted by molar-refractivity contribution is 7.15. The lowest BCUT2D eigenvalue weighted by Crippen LogP contribution is -2.28. The highest BCUT2D eigenvalue weighted by Crippen LogP contribution is 2.40. The van der Waals surface area contributed by atoms with E-state index in [2.05, 4.69) is 15.0 Å². The van der Waals surface area contributed by atoms with Gasteiger partial charge in [-0.2, -0.15) is 16.8 Å². The largest absolute Gasteiger partial charge is 0.240 e. The first-order valence-corrected chi connectivity index (χ1v) is 15.2. The second kappa shape index (κ2) is 10.1. The van der Waals surface area contributed by atoms with Crippen LogP contribution in [-0.2, 0) is 0 Å². The van der Waals surface area contributed by atoms with Crippen molar-refractivity contribution in [3.63, 3.8) is 0 Å². The van der Waals surface area contributed by atoms with Crippen molar-refractivity contribution in [2.75, 3.05) is 0 Å². The monoisotopic (exact) mass is 588 g/mol. The van der Waals surface area contributed by atoms with Gasteiger partial charge in [0.05, 0.1) is 24.6 Å². The van der Waals surface area contributed by atoms with Crippen molar-refractivity contribution in [1.82, 2.24) is 19.9 Å². The second-order valence-corrected chi connectivity index (χ2v) is 12.0. The molecular weight excluding hydrogens is 577 g/mol. The van der Waals surface area contributed by atoms with E-state index in [1.807, 2.05) is 76.2 Å². The summed E-state index contributed by atoms with van der Waals surface area (Å²) in [5, 5.41) is 21.8. The van der Waals surface area contributed by atoms with Crippen LogP contribution in [0.2, 0.25) is 0 Å². The van der Waals surface area contributed by atoms with Crippen LogP contribution in [-0.4, -0.2) is 31.4 Å². The predicted molar refractivity (Wildman–Crippen MR) is 161 cm³/mol. The topological polar surface area (TPSA) is 104 Å². The summed E-state index contributed by atoms with van der Waals surface area (Å²) in [7, 11) is 0. The average Bonchev–Trinajstić information content (AvgIpc) is 3.81. The molecule has 188 valence electrons. The van der Waals surface area contributed by atoms with Gasteiger partial charge in [0.1, 0.15) is 51.3 Å². The van der Waals surface area contributed by atoms with Gasteiger partial charge in [0.25, 0.3) is 0 Å². The van der Waals surface area contributed by atoms with Gasteiger partial charge in [-0.25, -0.2) is 19.9 Å². The summed E-state index contributed by atoms with van der Waals surface area (Å²) in [5.41, 5.74) is 4.53. The average molecular weight is 589 g/mol. The molecule has 0 unspecified atom stereocenters. The van der Waals surface area contributed by atoms with Crippen molar-refractivity contribution in [2.45, 2.75) is 0 Å². The molecular formula is C28H12N8S4. The summed E-state index contributed by atoms with van der Waals surface area (Å²) in [6.45, 7) is 7.62. The van der Waals surface area contributed by atoms with Gasteiger partial charge >= 0.3 is 0 Å². The van der Waals surface area contributed by atoms with Crippen molar-refractivity contribution >= 4 is 56.8 Å². The molecule has 12 heteroatoms. The molecule has 1 aliphatic rings. The van der Waals surface area contributed by atoms with Crippen LogP contribution in [0.3, 0.4) is 0 Å². The van der Waals surface area contributed by atoms with Gasteiger partial charge < -0.3 is 0 Å². The minimum absolute atomic E-state index is 0.252. The minimum Gasteiger partial charge on any atom is -0.240 e. The Morgan fingerprint density at radius 1 is 0.575 bits per heavy atom. The Balaban J connectivity index is 1.57. The Morgan fingerprint density at radius 2 is 0.925 bits per heavy atom. The number of fused-ring (bicyclic) bond motifs is 2. The van der Waals surface area contributed by atoms with Crippen LogP contribution in [0.15, 0.2) is 80.1 Å². The quantitative estimate of drug-likeness (QED) is 0.120. The number of hydrogen-bond donors (Lipinski definition) is 0. The van der Waals surface area contributed by atoms with Gasteiger partial charge in [-0.05, 0) is 45.8 Å². The van der Waals surface area contributed by atoms with Gasteiger partial charge in [0.15, 0.2) is 0 Å². The SMILES string of the molecule is [C-]#[N+]N=C1c2nc(-c3cccs3)c(-c3cccs3)nc2C(=NC#N)c2nc(-c3cccs3)c(-c3cccs3)nc21. The molecule has 0 saturated heterocycles. The molecule has 6 aromatic heterocycles. The summed E-state index contributed by atoms with van der Waals surface area (Å²) >= 11 is 6.18. The Hall–Kier alpha value is -4.72. The van der Waals surface area contributed by atoms with Crippen molar-refractivity contribution in [2.24, 2.45) is 10.1 Å². The van der Waals surface area contributed by atoms with E-state index in [-0.39, 0.29) is 11.4 Å². The summed E-state index contributed by atoms with van der Waals surface area (Å²) in [6.07, 6.45) is 1.92. The molecule has 0 atom stereocenters. The van der Waals surface area contributed by atoms with Crippen LogP contribution in [0.4, 0.5) is 0 Å². The van der Waals surface area contributed by atoms with Crippen molar-refractivity contribution in [1.29, 1.82) is 5.26 Å². The molecule has 0 N–H and O–H groups in total. The molecule has 0 aliphatic heterocycles. The van der Waals surface area contributed by atoms with E-state index in [1.165, 1.54) is 0 Å². The molecule has 0 fully saturated rings. The van der Waals surface area contributed by atoms with E-state index < -0.39 is 0 Å². The second-order valence-electron chi connectivity index (χ2n) is 8.25. The standard InChI is InChI=1S/C28H12N8S4/c1-30-36-28-26-24(32-19(15-6-2-10-37-15)21(34-26)17-8-4-12-39-17)23(31-14-29)25-27(28)35-22(18-9-5-13-40-18)20(33-25)16-7-3-11-38-16/h2-13H. The molecule has 8 nitrogen and oxygen atoms in total. The molecule has 0 bridgehead atoms. The summed E-state index contributed by atoms with van der Waals surface area (Å²) in [5.74, 6) is 0. The van der Waals surface area contributed by atoms with Crippen LogP contribution in [0.25, 0.3) is 47.2 Å². The zero-order chi connectivity index (χ0) is 27.1. The van der Waals surface area contributed by atoms with E-state index >= 15 is 0 Å². The Morgan fingerprint density at radius 3 is 1.20 bits per heavy atom. The number of aliphatic imine (C=N–C) groups is 1. The lowest BCUT2D eigenvalue weighted by molar-refractivity contribution is 1.10. The Kier molecular flexibility index (Phi) is 6.15.